The number of nitro benzene ring substituents is 1. The topological polar surface area (TPSA) is 75.5 Å². The number of nitro groups is 1. The van der Waals surface area contributed by atoms with E-state index in [9.17, 15) is 19.3 Å². The molecule has 0 bridgehead atoms. The molecule has 0 heterocycles. The van der Waals surface area contributed by atoms with Gasteiger partial charge in [-0.2, -0.15) is 0 Å². The summed E-state index contributed by atoms with van der Waals surface area (Å²) in [6.45, 7) is 1.75. The van der Waals surface area contributed by atoms with E-state index in [2.05, 4.69) is 5.32 Å². The molecule has 25 heavy (non-hydrogen) atoms. The molecule has 132 valence electrons. The molecule has 0 aliphatic rings. The number of likely N-dealkylation sites (N-methyl/N-ethyl adjacent to an activating group) is 1. The summed E-state index contributed by atoms with van der Waals surface area (Å²) in [5.74, 6) is -0.894. The van der Waals surface area contributed by atoms with Crippen molar-refractivity contribution in [2.75, 3.05) is 12.4 Å². The Kier molecular flexibility index (Phi) is 6.06. The normalized spacial score (nSPS) is 12.0. The number of anilines is 1. The SMILES string of the molecule is CC(C(=O)Nc1ccccc1[N+](=O)[O-])N(C)Cc1c(F)cccc1Cl. The van der Waals surface area contributed by atoms with E-state index in [0.29, 0.717) is 0 Å². The number of amides is 1. The zero-order valence-electron chi connectivity index (χ0n) is 13.7. The fourth-order valence-corrected chi connectivity index (χ4v) is 2.47. The third-order valence-corrected chi connectivity index (χ3v) is 4.22. The minimum Gasteiger partial charge on any atom is -0.319 e. The number of benzene rings is 2. The van der Waals surface area contributed by atoms with Crippen LogP contribution in [-0.2, 0) is 11.3 Å². The van der Waals surface area contributed by atoms with E-state index in [4.69, 9.17) is 11.6 Å². The van der Waals surface area contributed by atoms with Gasteiger partial charge >= 0.3 is 0 Å². The molecule has 0 spiro atoms. The van der Waals surface area contributed by atoms with Crippen LogP contribution in [0, 0.1) is 15.9 Å². The highest BCUT2D eigenvalue weighted by Crippen LogP contribution is 2.24. The van der Waals surface area contributed by atoms with Gasteiger partial charge in [0, 0.05) is 23.2 Å². The van der Waals surface area contributed by atoms with Crippen LogP contribution in [0.3, 0.4) is 0 Å². The maximum atomic E-state index is 13.9. The van der Waals surface area contributed by atoms with E-state index in [0.717, 1.165) is 0 Å². The number of para-hydroxylation sites is 2. The van der Waals surface area contributed by atoms with E-state index in [1.165, 1.54) is 30.3 Å². The number of halogens is 2. The summed E-state index contributed by atoms with van der Waals surface area (Å²) in [5, 5.41) is 13.8. The molecule has 0 saturated carbocycles. The predicted octanol–water partition coefficient (Wildman–Crippen LogP) is 3.85. The molecular weight excluding hydrogens is 349 g/mol. The van der Waals surface area contributed by atoms with Crippen molar-refractivity contribution in [3.05, 3.63) is 69.0 Å². The molecule has 0 saturated heterocycles. The van der Waals surface area contributed by atoms with Crippen LogP contribution in [0.1, 0.15) is 12.5 Å². The Morgan fingerprint density at radius 1 is 1.32 bits per heavy atom. The van der Waals surface area contributed by atoms with E-state index in [-0.39, 0.29) is 28.5 Å². The highest BCUT2D eigenvalue weighted by atomic mass is 35.5. The van der Waals surface area contributed by atoms with Gasteiger partial charge in [0.1, 0.15) is 11.5 Å². The molecule has 1 amide bonds. The zero-order valence-corrected chi connectivity index (χ0v) is 14.5. The van der Waals surface area contributed by atoms with Gasteiger partial charge in [-0.1, -0.05) is 29.8 Å². The fourth-order valence-electron chi connectivity index (χ4n) is 2.25. The van der Waals surface area contributed by atoms with Gasteiger partial charge in [0.05, 0.1) is 11.0 Å². The second kappa shape index (κ2) is 8.04. The van der Waals surface area contributed by atoms with Crippen molar-refractivity contribution in [3.63, 3.8) is 0 Å². The number of rotatable bonds is 6. The van der Waals surface area contributed by atoms with E-state index < -0.39 is 22.7 Å². The highest BCUT2D eigenvalue weighted by Gasteiger charge is 2.23. The van der Waals surface area contributed by atoms with Crippen molar-refractivity contribution in [1.29, 1.82) is 0 Å². The standard InChI is InChI=1S/C17H17ClFN3O3/c1-11(21(2)10-12-13(18)6-5-7-14(12)19)17(23)20-15-8-3-4-9-16(15)22(24)25/h3-9,11H,10H2,1-2H3,(H,20,23). The summed E-state index contributed by atoms with van der Waals surface area (Å²) in [6, 6.07) is 9.60. The van der Waals surface area contributed by atoms with Crippen LogP contribution in [0.2, 0.25) is 5.02 Å². The molecule has 0 aromatic heterocycles. The largest absolute Gasteiger partial charge is 0.319 e. The molecule has 2 rings (SSSR count). The second-order valence-corrected chi connectivity index (χ2v) is 5.96. The smallest absolute Gasteiger partial charge is 0.292 e. The molecule has 0 fully saturated rings. The van der Waals surface area contributed by atoms with Gasteiger partial charge in [-0.25, -0.2) is 4.39 Å². The summed E-state index contributed by atoms with van der Waals surface area (Å²) < 4.78 is 13.9. The van der Waals surface area contributed by atoms with Crippen molar-refractivity contribution >= 4 is 28.9 Å². The molecule has 8 heteroatoms. The Morgan fingerprint density at radius 3 is 2.64 bits per heavy atom. The molecule has 1 N–H and O–H groups in total. The average molecular weight is 366 g/mol. The van der Waals surface area contributed by atoms with Crippen LogP contribution in [0.4, 0.5) is 15.8 Å². The molecule has 1 unspecified atom stereocenters. The van der Waals surface area contributed by atoms with Crippen LogP contribution < -0.4 is 5.32 Å². The van der Waals surface area contributed by atoms with Gasteiger partial charge in [0.25, 0.3) is 5.69 Å². The first-order valence-electron chi connectivity index (χ1n) is 7.48. The number of hydrogen-bond acceptors (Lipinski definition) is 4. The van der Waals surface area contributed by atoms with Crippen LogP contribution in [0.25, 0.3) is 0 Å². The lowest BCUT2D eigenvalue weighted by molar-refractivity contribution is -0.383. The first kappa shape index (κ1) is 18.8. The summed E-state index contributed by atoms with van der Waals surface area (Å²) in [6.07, 6.45) is 0. The minimum absolute atomic E-state index is 0.113. The number of carbonyl (C=O) groups is 1. The Balaban J connectivity index is 2.11. The summed E-state index contributed by atoms with van der Waals surface area (Å²) >= 11 is 6.00. The monoisotopic (exact) mass is 365 g/mol. The van der Waals surface area contributed by atoms with E-state index >= 15 is 0 Å². The van der Waals surface area contributed by atoms with Crippen LogP contribution in [0.5, 0.6) is 0 Å². The number of carbonyl (C=O) groups excluding carboxylic acids is 1. The van der Waals surface area contributed by atoms with E-state index in [1.54, 1.807) is 31.0 Å². The molecule has 6 nitrogen and oxygen atoms in total. The Labute approximate surface area is 149 Å². The maximum Gasteiger partial charge on any atom is 0.292 e. The number of hydrogen-bond donors (Lipinski definition) is 1. The van der Waals surface area contributed by atoms with Gasteiger partial charge < -0.3 is 5.32 Å². The summed E-state index contributed by atoms with van der Waals surface area (Å²) in [7, 11) is 1.65. The Hall–Kier alpha value is -2.51. The first-order chi connectivity index (χ1) is 11.8. The van der Waals surface area contributed by atoms with Gasteiger partial charge in [0.2, 0.25) is 5.91 Å². The third-order valence-electron chi connectivity index (χ3n) is 3.87. The summed E-state index contributed by atoms with van der Waals surface area (Å²) in [5.41, 5.74) is 0.210. The molecule has 2 aromatic rings. The van der Waals surface area contributed by atoms with Gasteiger partial charge in [-0.05, 0) is 32.2 Å². The molecule has 1 atom stereocenters. The molecule has 0 aliphatic carbocycles. The van der Waals surface area contributed by atoms with Crippen LogP contribution in [-0.4, -0.2) is 28.8 Å². The maximum absolute atomic E-state index is 13.9. The van der Waals surface area contributed by atoms with Crippen LogP contribution in [0.15, 0.2) is 42.5 Å². The van der Waals surface area contributed by atoms with Gasteiger partial charge in [-0.15, -0.1) is 0 Å². The average Bonchev–Trinajstić information content (AvgIpc) is 2.57. The predicted molar refractivity (Wildman–Crippen MR) is 94.1 cm³/mol. The molecule has 0 aliphatic heterocycles. The highest BCUT2D eigenvalue weighted by molar-refractivity contribution is 6.31. The number of nitrogens with one attached hydrogen (secondary N) is 1. The van der Waals surface area contributed by atoms with E-state index in [1.807, 2.05) is 0 Å². The lowest BCUT2D eigenvalue weighted by Crippen LogP contribution is -2.39. The molecule has 0 radical (unpaired) electrons. The number of nitrogens with zero attached hydrogens (tertiary/aromatic N) is 2. The van der Waals surface area contributed by atoms with Crippen molar-refractivity contribution in [2.45, 2.75) is 19.5 Å². The molecule has 2 aromatic carbocycles. The summed E-state index contributed by atoms with van der Waals surface area (Å²) in [4.78, 5) is 24.4. The third kappa shape index (κ3) is 4.52. The molecular formula is C17H17ClFN3O3. The Bertz CT molecular complexity index is 780. The van der Waals surface area contributed by atoms with Crippen molar-refractivity contribution in [2.24, 2.45) is 0 Å². The first-order valence-corrected chi connectivity index (χ1v) is 7.86. The van der Waals surface area contributed by atoms with Crippen molar-refractivity contribution in [1.82, 2.24) is 4.90 Å². The Morgan fingerprint density at radius 2 is 2.00 bits per heavy atom. The van der Waals surface area contributed by atoms with Crippen LogP contribution >= 0.6 is 11.6 Å². The zero-order chi connectivity index (χ0) is 18.6. The quantitative estimate of drug-likeness (QED) is 0.623. The van der Waals surface area contributed by atoms with Gasteiger partial charge in [-0.3, -0.25) is 19.8 Å². The van der Waals surface area contributed by atoms with Crippen molar-refractivity contribution in [3.8, 4) is 0 Å². The fraction of sp³-hybridized carbons (Fsp3) is 0.235. The van der Waals surface area contributed by atoms with Gasteiger partial charge in [0.15, 0.2) is 0 Å². The second-order valence-electron chi connectivity index (χ2n) is 5.55. The lowest BCUT2D eigenvalue weighted by atomic mass is 10.1. The lowest BCUT2D eigenvalue weighted by Gasteiger charge is -2.24. The van der Waals surface area contributed by atoms with Crippen molar-refractivity contribution < 1.29 is 14.1 Å². The minimum atomic E-state index is -0.657.